The zero-order valence-corrected chi connectivity index (χ0v) is 8.34. The molecular weight excluding hydrogens is 165 g/mol. The molecule has 0 aliphatic heterocycles. The van der Waals surface area contributed by atoms with Crippen molar-refractivity contribution in [1.82, 2.24) is 5.32 Å². The van der Waals surface area contributed by atoms with Crippen molar-refractivity contribution in [2.45, 2.75) is 26.1 Å². The van der Waals surface area contributed by atoms with E-state index in [0.29, 0.717) is 0 Å². The Kier molecular flexibility index (Phi) is 3.43. The number of likely N-dealkylation sites (N-methyl/N-ethyl adjacent to an activating group) is 1. The summed E-state index contributed by atoms with van der Waals surface area (Å²) in [4.78, 5) is 0. The van der Waals surface area contributed by atoms with Gasteiger partial charge < -0.3 is 5.32 Å². The van der Waals surface area contributed by atoms with Crippen LogP contribution in [0.25, 0.3) is 0 Å². The van der Waals surface area contributed by atoms with Gasteiger partial charge in [-0.1, -0.05) is 29.8 Å². The van der Waals surface area contributed by atoms with Crippen LogP contribution in [-0.2, 0) is 0 Å². The van der Waals surface area contributed by atoms with E-state index >= 15 is 0 Å². The monoisotopic (exact) mass is 181 g/mol. The summed E-state index contributed by atoms with van der Waals surface area (Å²) >= 11 is 0. The molecule has 1 nitrogen and oxygen atoms in total. The molecule has 0 amide bonds. The summed E-state index contributed by atoms with van der Waals surface area (Å²) in [6.07, 6.45) is -0.925. The number of aryl methyl sites for hydroxylation is 1. The van der Waals surface area contributed by atoms with Gasteiger partial charge in [0.2, 0.25) is 0 Å². The highest BCUT2D eigenvalue weighted by Crippen LogP contribution is 2.21. The van der Waals surface area contributed by atoms with Gasteiger partial charge in [0, 0.05) is 6.04 Å². The highest BCUT2D eigenvalue weighted by Gasteiger charge is 2.15. The Hall–Kier alpha value is -0.890. The van der Waals surface area contributed by atoms with Crippen molar-refractivity contribution in [3.05, 3.63) is 35.4 Å². The SMILES string of the molecule is CNC(C)C(F)c1ccc(C)cc1. The van der Waals surface area contributed by atoms with E-state index in [4.69, 9.17) is 0 Å². The number of nitrogens with one attached hydrogen (secondary N) is 1. The molecule has 0 aliphatic carbocycles. The minimum Gasteiger partial charge on any atom is -0.314 e. The first-order chi connectivity index (χ1) is 6.15. The van der Waals surface area contributed by atoms with Crippen molar-refractivity contribution in [2.24, 2.45) is 0 Å². The van der Waals surface area contributed by atoms with Crippen LogP contribution in [-0.4, -0.2) is 13.1 Å². The zero-order chi connectivity index (χ0) is 9.84. The van der Waals surface area contributed by atoms with Crippen LogP contribution in [0.15, 0.2) is 24.3 Å². The Morgan fingerprint density at radius 3 is 2.23 bits per heavy atom. The molecule has 1 N–H and O–H groups in total. The van der Waals surface area contributed by atoms with E-state index in [1.165, 1.54) is 0 Å². The zero-order valence-electron chi connectivity index (χ0n) is 8.34. The molecule has 1 aromatic carbocycles. The van der Waals surface area contributed by atoms with E-state index in [-0.39, 0.29) is 6.04 Å². The number of hydrogen-bond acceptors (Lipinski definition) is 1. The molecule has 13 heavy (non-hydrogen) atoms. The van der Waals surface area contributed by atoms with Crippen LogP contribution < -0.4 is 5.32 Å². The van der Waals surface area contributed by atoms with Gasteiger partial charge in [0.15, 0.2) is 0 Å². The number of rotatable bonds is 3. The molecule has 0 aliphatic rings. The normalized spacial score (nSPS) is 15.4. The number of hydrogen-bond donors (Lipinski definition) is 1. The smallest absolute Gasteiger partial charge is 0.140 e. The molecule has 2 unspecified atom stereocenters. The lowest BCUT2D eigenvalue weighted by molar-refractivity contribution is 0.275. The maximum absolute atomic E-state index is 13.6. The average Bonchev–Trinajstić information content (AvgIpc) is 2.17. The summed E-state index contributed by atoms with van der Waals surface area (Å²) in [6.45, 7) is 3.84. The van der Waals surface area contributed by atoms with E-state index in [1.807, 2.05) is 38.1 Å². The standard InChI is InChI=1S/C11H16FN/c1-8-4-6-10(7-5-8)11(12)9(2)13-3/h4-7,9,11,13H,1-3H3. The van der Waals surface area contributed by atoms with Crippen molar-refractivity contribution in [2.75, 3.05) is 7.05 Å². The minimum atomic E-state index is -0.925. The average molecular weight is 181 g/mol. The molecule has 2 atom stereocenters. The molecule has 1 rings (SSSR count). The van der Waals surface area contributed by atoms with E-state index in [2.05, 4.69) is 5.32 Å². The number of alkyl halides is 1. The second-order valence-electron chi connectivity index (χ2n) is 3.39. The molecule has 0 spiro atoms. The second-order valence-corrected chi connectivity index (χ2v) is 3.39. The van der Waals surface area contributed by atoms with E-state index in [1.54, 1.807) is 7.05 Å². The van der Waals surface area contributed by atoms with E-state index in [9.17, 15) is 4.39 Å². The topological polar surface area (TPSA) is 12.0 Å². The van der Waals surface area contributed by atoms with Crippen LogP contribution in [0.4, 0.5) is 4.39 Å². The van der Waals surface area contributed by atoms with Crippen LogP contribution in [0, 0.1) is 6.92 Å². The first-order valence-electron chi connectivity index (χ1n) is 4.53. The van der Waals surface area contributed by atoms with Gasteiger partial charge >= 0.3 is 0 Å². The predicted molar refractivity (Wildman–Crippen MR) is 53.5 cm³/mol. The van der Waals surface area contributed by atoms with Crippen molar-refractivity contribution >= 4 is 0 Å². The summed E-state index contributed by atoms with van der Waals surface area (Å²) in [6, 6.07) is 7.42. The Bertz CT molecular complexity index is 255. The maximum atomic E-state index is 13.6. The quantitative estimate of drug-likeness (QED) is 0.755. The fraction of sp³-hybridized carbons (Fsp3) is 0.455. The summed E-state index contributed by atoms with van der Waals surface area (Å²) in [5.41, 5.74) is 1.90. The molecule has 72 valence electrons. The molecule has 2 heteroatoms. The third-order valence-electron chi connectivity index (χ3n) is 2.29. The highest BCUT2D eigenvalue weighted by molar-refractivity contribution is 5.23. The Balaban J connectivity index is 2.77. The molecule has 0 saturated carbocycles. The molecule has 0 saturated heterocycles. The van der Waals surface area contributed by atoms with Crippen LogP contribution in [0.1, 0.15) is 24.2 Å². The van der Waals surface area contributed by atoms with Gasteiger partial charge in [-0.05, 0) is 26.5 Å². The first kappa shape index (κ1) is 10.2. The van der Waals surface area contributed by atoms with Gasteiger partial charge in [-0.15, -0.1) is 0 Å². The maximum Gasteiger partial charge on any atom is 0.140 e. The van der Waals surface area contributed by atoms with Gasteiger partial charge in [0.25, 0.3) is 0 Å². The van der Waals surface area contributed by atoms with Gasteiger partial charge in [0.1, 0.15) is 6.17 Å². The molecule has 0 heterocycles. The van der Waals surface area contributed by atoms with Crippen LogP contribution in [0.2, 0.25) is 0 Å². The third-order valence-corrected chi connectivity index (χ3v) is 2.29. The Morgan fingerprint density at radius 1 is 1.23 bits per heavy atom. The van der Waals surface area contributed by atoms with Crippen molar-refractivity contribution in [3.8, 4) is 0 Å². The molecular formula is C11H16FN. The molecule has 0 bridgehead atoms. The molecule has 0 fully saturated rings. The number of benzene rings is 1. The lowest BCUT2D eigenvalue weighted by Gasteiger charge is -2.16. The Labute approximate surface area is 79.0 Å². The molecule has 0 radical (unpaired) electrons. The summed E-state index contributed by atoms with van der Waals surface area (Å²) in [5, 5.41) is 2.90. The first-order valence-corrected chi connectivity index (χ1v) is 4.53. The highest BCUT2D eigenvalue weighted by atomic mass is 19.1. The fourth-order valence-electron chi connectivity index (χ4n) is 1.19. The largest absolute Gasteiger partial charge is 0.314 e. The van der Waals surface area contributed by atoms with Crippen molar-refractivity contribution in [1.29, 1.82) is 0 Å². The minimum absolute atomic E-state index is 0.136. The van der Waals surface area contributed by atoms with Gasteiger partial charge in [-0.25, -0.2) is 4.39 Å². The van der Waals surface area contributed by atoms with Gasteiger partial charge in [-0.2, -0.15) is 0 Å². The third kappa shape index (κ3) is 2.52. The fourth-order valence-corrected chi connectivity index (χ4v) is 1.19. The summed E-state index contributed by atoms with van der Waals surface area (Å²) in [7, 11) is 1.77. The summed E-state index contributed by atoms with van der Waals surface area (Å²) < 4.78 is 13.6. The van der Waals surface area contributed by atoms with E-state index in [0.717, 1.165) is 11.1 Å². The lowest BCUT2D eigenvalue weighted by atomic mass is 10.0. The van der Waals surface area contributed by atoms with Crippen LogP contribution >= 0.6 is 0 Å². The second kappa shape index (κ2) is 4.38. The summed E-state index contributed by atoms with van der Waals surface area (Å²) in [5.74, 6) is 0. The molecule has 0 aromatic heterocycles. The number of halogens is 1. The van der Waals surface area contributed by atoms with Crippen LogP contribution in [0.3, 0.4) is 0 Å². The predicted octanol–water partition coefficient (Wildman–Crippen LogP) is 2.61. The lowest BCUT2D eigenvalue weighted by Crippen LogP contribution is -2.26. The van der Waals surface area contributed by atoms with Gasteiger partial charge in [0.05, 0.1) is 0 Å². The van der Waals surface area contributed by atoms with E-state index < -0.39 is 6.17 Å². The van der Waals surface area contributed by atoms with Gasteiger partial charge in [-0.3, -0.25) is 0 Å². The van der Waals surface area contributed by atoms with Crippen molar-refractivity contribution < 1.29 is 4.39 Å². The van der Waals surface area contributed by atoms with Crippen LogP contribution in [0.5, 0.6) is 0 Å². The van der Waals surface area contributed by atoms with Crippen molar-refractivity contribution in [3.63, 3.8) is 0 Å². The molecule has 1 aromatic rings. The Morgan fingerprint density at radius 2 is 1.77 bits per heavy atom.